The van der Waals surface area contributed by atoms with Crippen LogP contribution < -0.4 is 16.0 Å². The molecule has 0 atom stereocenters. The van der Waals surface area contributed by atoms with Crippen LogP contribution in [0.25, 0.3) is 11.3 Å². The van der Waals surface area contributed by atoms with Crippen LogP contribution in [0.1, 0.15) is 18.4 Å². The quantitative estimate of drug-likeness (QED) is 0.551. The van der Waals surface area contributed by atoms with E-state index in [2.05, 4.69) is 32.5 Å². The van der Waals surface area contributed by atoms with E-state index in [1.165, 1.54) is 0 Å². The zero-order chi connectivity index (χ0) is 23.5. The van der Waals surface area contributed by atoms with E-state index >= 15 is 0 Å². The molecule has 0 radical (unpaired) electrons. The van der Waals surface area contributed by atoms with E-state index in [0.717, 1.165) is 37.4 Å². The number of para-hydroxylation sites is 1. The van der Waals surface area contributed by atoms with E-state index in [-0.39, 0.29) is 11.7 Å². The molecule has 0 bridgehead atoms. The van der Waals surface area contributed by atoms with Crippen molar-refractivity contribution in [2.75, 3.05) is 49.9 Å². The summed E-state index contributed by atoms with van der Waals surface area (Å²) in [5.41, 5.74) is 8.72. The SMILES string of the molecule is Nc1nnc(-c2ccccc2O)cc1N1CCC(C(=O)N2CCNCC2)(c2ccccc2)CC1. The van der Waals surface area contributed by atoms with Gasteiger partial charge >= 0.3 is 0 Å². The fourth-order valence-electron chi connectivity index (χ4n) is 5.15. The lowest BCUT2D eigenvalue weighted by atomic mass is 9.71. The Bertz CT molecular complexity index is 1150. The molecule has 0 spiro atoms. The number of nitrogens with zero attached hydrogens (tertiary/aromatic N) is 4. The molecule has 2 aromatic carbocycles. The molecule has 5 rings (SSSR count). The lowest BCUT2D eigenvalue weighted by Crippen LogP contribution is -2.57. The summed E-state index contributed by atoms with van der Waals surface area (Å²) in [5.74, 6) is 0.714. The number of piperazine rings is 1. The van der Waals surface area contributed by atoms with Gasteiger partial charge < -0.3 is 26.0 Å². The predicted molar refractivity (Wildman–Crippen MR) is 133 cm³/mol. The number of phenolic OH excluding ortho intramolecular Hbond substituents is 1. The number of anilines is 2. The van der Waals surface area contributed by atoms with Crippen LogP contribution in [-0.2, 0) is 10.2 Å². The van der Waals surface area contributed by atoms with Crippen molar-refractivity contribution in [2.24, 2.45) is 0 Å². The number of carbonyl (C=O) groups is 1. The number of phenols is 1. The summed E-state index contributed by atoms with van der Waals surface area (Å²) in [5, 5.41) is 22.0. The zero-order valence-electron chi connectivity index (χ0n) is 19.2. The number of piperidine rings is 1. The molecule has 1 amide bonds. The standard InChI is InChI=1S/C26H30N6O2/c27-24-22(18-21(29-30-24)20-8-4-5-9-23(20)33)31-14-10-26(11-15-31,19-6-2-1-3-7-19)25(34)32-16-12-28-13-17-32/h1-9,18,28,33H,10-17H2,(H2,27,30). The van der Waals surface area contributed by atoms with Crippen molar-refractivity contribution in [1.82, 2.24) is 20.4 Å². The van der Waals surface area contributed by atoms with E-state index < -0.39 is 5.41 Å². The third-order valence-corrected chi connectivity index (χ3v) is 7.08. The lowest BCUT2D eigenvalue weighted by molar-refractivity contribution is -0.139. The molecule has 0 saturated carbocycles. The predicted octanol–water partition coefficient (Wildman–Crippen LogP) is 2.40. The minimum atomic E-state index is -0.551. The normalized spacial score (nSPS) is 18.0. The minimum Gasteiger partial charge on any atom is -0.507 e. The van der Waals surface area contributed by atoms with Crippen molar-refractivity contribution in [1.29, 1.82) is 0 Å². The van der Waals surface area contributed by atoms with Crippen molar-refractivity contribution in [3.05, 3.63) is 66.2 Å². The number of benzene rings is 2. The van der Waals surface area contributed by atoms with Crippen LogP contribution in [0.2, 0.25) is 0 Å². The number of aromatic nitrogens is 2. The summed E-state index contributed by atoms with van der Waals surface area (Å²) in [6, 6.07) is 19.1. The maximum Gasteiger partial charge on any atom is 0.233 e. The number of nitrogen functional groups attached to an aromatic ring is 1. The highest BCUT2D eigenvalue weighted by molar-refractivity contribution is 5.89. The second-order valence-corrected chi connectivity index (χ2v) is 8.99. The van der Waals surface area contributed by atoms with Crippen LogP contribution in [-0.4, -0.2) is 65.4 Å². The Balaban J connectivity index is 1.43. The molecule has 0 aliphatic carbocycles. The summed E-state index contributed by atoms with van der Waals surface area (Å²) in [4.78, 5) is 18.1. The largest absolute Gasteiger partial charge is 0.507 e. The Labute approximate surface area is 199 Å². The summed E-state index contributed by atoms with van der Waals surface area (Å²) in [7, 11) is 0. The van der Waals surface area contributed by atoms with E-state index in [0.29, 0.717) is 43.0 Å². The highest BCUT2D eigenvalue weighted by Gasteiger charge is 2.45. The van der Waals surface area contributed by atoms with Gasteiger partial charge in [-0.25, -0.2) is 0 Å². The Morgan fingerprint density at radius 3 is 2.32 bits per heavy atom. The molecule has 0 unspecified atom stereocenters. The van der Waals surface area contributed by atoms with Crippen molar-refractivity contribution in [3.8, 4) is 17.0 Å². The van der Waals surface area contributed by atoms with Crippen LogP contribution in [0.4, 0.5) is 11.5 Å². The smallest absolute Gasteiger partial charge is 0.233 e. The first-order valence-corrected chi connectivity index (χ1v) is 11.8. The van der Waals surface area contributed by atoms with Gasteiger partial charge in [-0.2, -0.15) is 0 Å². The second kappa shape index (κ2) is 9.30. The Hall–Kier alpha value is -3.65. The number of nitrogens with two attached hydrogens (primary N) is 1. The number of rotatable bonds is 4. The number of hydrogen-bond acceptors (Lipinski definition) is 7. The van der Waals surface area contributed by atoms with Crippen molar-refractivity contribution < 1.29 is 9.90 Å². The van der Waals surface area contributed by atoms with Gasteiger partial charge in [0.15, 0.2) is 5.82 Å². The van der Waals surface area contributed by atoms with Gasteiger partial charge in [-0.15, -0.1) is 10.2 Å². The number of carbonyl (C=O) groups excluding carboxylic acids is 1. The van der Waals surface area contributed by atoms with Crippen molar-refractivity contribution in [3.63, 3.8) is 0 Å². The Morgan fingerprint density at radius 2 is 1.62 bits per heavy atom. The summed E-state index contributed by atoms with van der Waals surface area (Å²) >= 11 is 0. The number of aromatic hydroxyl groups is 1. The van der Waals surface area contributed by atoms with E-state index in [1.807, 2.05) is 41.3 Å². The van der Waals surface area contributed by atoms with Gasteiger partial charge in [0.25, 0.3) is 0 Å². The molecule has 8 nitrogen and oxygen atoms in total. The van der Waals surface area contributed by atoms with Gasteiger partial charge in [0, 0.05) is 44.8 Å². The molecular weight excluding hydrogens is 428 g/mol. The van der Waals surface area contributed by atoms with Gasteiger partial charge in [-0.05, 0) is 36.6 Å². The maximum atomic E-state index is 13.9. The number of amides is 1. The minimum absolute atomic E-state index is 0.149. The highest BCUT2D eigenvalue weighted by Crippen LogP contribution is 2.40. The zero-order valence-corrected chi connectivity index (χ0v) is 19.2. The maximum absolute atomic E-state index is 13.9. The third-order valence-electron chi connectivity index (χ3n) is 7.08. The number of hydrogen-bond donors (Lipinski definition) is 3. The average Bonchev–Trinajstić information content (AvgIpc) is 2.90. The van der Waals surface area contributed by atoms with Crippen LogP contribution >= 0.6 is 0 Å². The van der Waals surface area contributed by atoms with E-state index in [1.54, 1.807) is 12.1 Å². The second-order valence-electron chi connectivity index (χ2n) is 8.99. The van der Waals surface area contributed by atoms with Gasteiger partial charge in [0.2, 0.25) is 5.91 Å². The van der Waals surface area contributed by atoms with Crippen LogP contribution in [0, 0.1) is 0 Å². The molecule has 4 N–H and O–H groups in total. The molecule has 2 fully saturated rings. The monoisotopic (exact) mass is 458 g/mol. The lowest BCUT2D eigenvalue weighted by Gasteiger charge is -2.45. The van der Waals surface area contributed by atoms with Crippen LogP contribution in [0.3, 0.4) is 0 Å². The average molecular weight is 459 g/mol. The molecule has 2 saturated heterocycles. The van der Waals surface area contributed by atoms with Gasteiger partial charge in [0.05, 0.1) is 16.8 Å². The molecule has 2 aliphatic rings. The fourth-order valence-corrected chi connectivity index (χ4v) is 5.15. The van der Waals surface area contributed by atoms with Crippen LogP contribution in [0.5, 0.6) is 5.75 Å². The molecule has 2 aliphatic heterocycles. The Morgan fingerprint density at radius 1 is 0.941 bits per heavy atom. The first kappa shape index (κ1) is 22.2. The van der Waals surface area contributed by atoms with Gasteiger partial charge in [-0.1, -0.05) is 42.5 Å². The van der Waals surface area contributed by atoms with Crippen LogP contribution in [0.15, 0.2) is 60.7 Å². The number of nitrogens with one attached hydrogen (secondary N) is 1. The third kappa shape index (κ3) is 4.05. The molecule has 3 aromatic rings. The summed E-state index contributed by atoms with van der Waals surface area (Å²) < 4.78 is 0. The molecular formula is C26H30N6O2. The van der Waals surface area contributed by atoms with Gasteiger partial charge in [0.1, 0.15) is 5.75 Å². The highest BCUT2D eigenvalue weighted by atomic mass is 16.3. The summed E-state index contributed by atoms with van der Waals surface area (Å²) in [6.45, 7) is 4.48. The molecule has 176 valence electrons. The fraction of sp³-hybridized carbons (Fsp3) is 0.346. The molecule has 3 heterocycles. The van der Waals surface area contributed by atoms with E-state index in [9.17, 15) is 9.90 Å². The van der Waals surface area contributed by atoms with Crippen molar-refractivity contribution >= 4 is 17.4 Å². The first-order chi connectivity index (χ1) is 16.6. The Kier molecular flexibility index (Phi) is 6.06. The van der Waals surface area contributed by atoms with Gasteiger partial charge in [-0.3, -0.25) is 4.79 Å². The molecule has 1 aromatic heterocycles. The first-order valence-electron chi connectivity index (χ1n) is 11.8. The molecule has 8 heteroatoms. The topological polar surface area (TPSA) is 108 Å². The van der Waals surface area contributed by atoms with Crippen molar-refractivity contribution in [2.45, 2.75) is 18.3 Å². The summed E-state index contributed by atoms with van der Waals surface area (Å²) in [6.07, 6.45) is 1.38. The van der Waals surface area contributed by atoms with E-state index in [4.69, 9.17) is 5.73 Å². The molecule has 34 heavy (non-hydrogen) atoms.